The molecule has 9 nitrogen and oxygen atoms in total. The molecular formula is C25H32F3N7O2. The molecule has 1 amide bonds. The normalized spacial score (nSPS) is 15.5. The number of anilines is 3. The number of nitrogens with one attached hydrogen (secondary N) is 2. The minimum absolute atomic E-state index is 0.00365. The van der Waals surface area contributed by atoms with Crippen LogP contribution >= 0.6 is 0 Å². The third-order valence-electron chi connectivity index (χ3n) is 6.12. The highest BCUT2D eigenvalue weighted by Gasteiger charge is 2.49. The lowest BCUT2D eigenvalue weighted by molar-refractivity contribution is -0.154. The molecule has 2 aromatic rings. The number of carbonyl (C=O) groups excluding carboxylic acids is 1. The van der Waals surface area contributed by atoms with Crippen LogP contribution in [0.25, 0.3) is 0 Å². The van der Waals surface area contributed by atoms with Crippen LogP contribution in [0.4, 0.5) is 30.8 Å². The van der Waals surface area contributed by atoms with Crippen LogP contribution in [0.1, 0.15) is 43.5 Å². The quantitative estimate of drug-likeness (QED) is 0.359. The van der Waals surface area contributed by atoms with E-state index in [4.69, 9.17) is 10.5 Å². The first kappa shape index (κ1) is 27.9. The molecule has 1 aromatic heterocycles. The number of carbonyl (C=O) groups is 1. The Bertz CT molecular complexity index is 1130. The summed E-state index contributed by atoms with van der Waals surface area (Å²) in [6.45, 7) is 6.49. The van der Waals surface area contributed by atoms with Crippen molar-refractivity contribution in [2.45, 2.75) is 50.9 Å². The van der Waals surface area contributed by atoms with E-state index in [1.165, 1.54) is 0 Å². The fourth-order valence-corrected chi connectivity index (χ4v) is 3.86. The Labute approximate surface area is 214 Å². The number of amides is 1. The average molecular weight is 520 g/mol. The van der Waals surface area contributed by atoms with Crippen LogP contribution in [0.15, 0.2) is 48.6 Å². The number of hydrogen-bond donors (Lipinski definition) is 3. The molecule has 12 heteroatoms. The highest BCUT2D eigenvalue weighted by atomic mass is 19.4. The van der Waals surface area contributed by atoms with Gasteiger partial charge in [0, 0.05) is 24.3 Å². The maximum Gasteiger partial charge on any atom is 0.422 e. The Balaban J connectivity index is 1.84. The summed E-state index contributed by atoms with van der Waals surface area (Å²) in [6, 6.07) is 6.00. The smallest absolute Gasteiger partial charge is 0.422 e. The molecular weight excluding hydrogens is 487 g/mol. The van der Waals surface area contributed by atoms with E-state index in [1.807, 2.05) is 24.8 Å². The lowest BCUT2D eigenvalue weighted by atomic mass is 10.1. The van der Waals surface area contributed by atoms with Gasteiger partial charge in [-0.3, -0.25) is 4.79 Å². The molecule has 3 rings (SSSR count). The van der Waals surface area contributed by atoms with Crippen LogP contribution in [0, 0.1) is 0 Å². The molecule has 1 aliphatic rings. The van der Waals surface area contributed by atoms with Gasteiger partial charge in [0.05, 0.1) is 5.54 Å². The van der Waals surface area contributed by atoms with Gasteiger partial charge in [-0.25, -0.2) is 0 Å². The Hall–Kier alpha value is -3.67. The molecule has 0 aliphatic heterocycles. The summed E-state index contributed by atoms with van der Waals surface area (Å²) < 4.78 is 43.2. The summed E-state index contributed by atoms with van der Waals surface area (Å²) in [5.41, 5.74) is 7.17. The van der Waals surface area contributed by atoms with Gasteiger partial charge in [-0.2, -0.15) is 28.1 Å². The molecule has 1 aliphatic carbocycles. The third kappa shape index (κ3) is 7.42. The van der Waals surface area contributed by atoms with Crippen molar-refractivity contribution < 1.29 is 22.7 Å². The van der Waals surface area contributed by atoms with Gasteiger partial charge in [0.15, 0.2) is 6.61 Å². The van der Waals surface area contributed by atoms with Crippen LogP contribution in [0.2, 0.25) is 0 Å². The first-order chi connectivity index (χ1) is 17.5. The Kier molecular flexibility index (Phi) is 8.74. The first-order valence-electron chi connectivity index (χ1n) is 11.8. The molecule has 4 N–H and O–H groups in total. The van der Waals surface area contributed by atoms with Gasteiger partial charge >= 0.3 is 12.2 Å². The van der Waals surface area contributed by atoms with Crippen molar-refractivity contribution in [2.24, 2.45) is 5.73 Å². The number of hydrogen-bond acceptors (Lipinski definition) is 8. The van der Waals surface area contributed by atoms with Crippen molar-refractivity contribution in [2.75, 3.05) is 30.4 Å². The van der Waals surface area contributed by atoms with Crippen LogP contribution < -0.4 is 26.0 Å². The fourth-order valence-electron chi connectivity index (χ4n) is 3.86. The van der Waals surface area contributed by atoms with Crippen LogP contribution in [-0.4, -0.2) is 58.8 Å². The summed E-state index contributed by atoms with van der Waals surface area (Å²) in [6.07, 6.45) is 1.35. The van der Waals surface area contributed by atoms with E-state index >= 15 is 0 Å². The number of allylic oxidation sites excluding steroid dienone is 2. The molecule has 0 radical (unpaired) electrons. The van der Waals surface area contributed by atoms with Crippen molar-refractivity contribution in [3.63, 3.8) is 0 Å². The van der Waals surface area contributed by atoms with E-state index in [0.29, 0.717) is 24.2 Å². The molecule has 1 saturated carbocycles. The highest BCUT2D eigenvalue weighted by molar-refractivity contribution is 5.94. The van der Waals surface area contributed by atoms with Gasteiger partial charge in [-0.1, -0.05) is 18.7 Å². The molecule has 1 heterocycles. The second-order valence-electron chi connectivity index (χ2n) is 8.98. The zero-order valence-electron chi connectivity index (χ0n) is 21.1. The standard InChI is InChI=1S/C25H32F3N7O2/c1-5-6-16(2)24(12-13-24)35(4)22-32-21(33-23(34-22)37-15-25(26,27)28)31-19-9-7-18(8-10-19)20(36)30-17(3)11-14-29/h5-10,17H,1,11-15,29H2,2-4H3,(H,30,36)(H,31,32,33,34)/b16-6+/t17-/m1/s1. The van der Waals surface area contributed by atoms with E-state index in [9.17, 15) is 18.0 Å². The number of nitrogens with two attached hydrogens (primary N) is 1. The molecule has 0 spiro atoms. The molecule has 1 aromatic carbocycles. The topological polar surface area (TPSA) is 118 Å². The van der Waals surface area contributed by atoms with Gasteiger partial charge < -0.3 is 26.0 Å². The van der Waals surface area contributed by atoms with Crippen LogP contribution in [-0.2, 0) is 0 Å². The molecule has 1 atom stereocenters. The molecule has 200 valence electrons. The third-order valence-corrected chi connectivity index (χ3v) is 6.12. The maximum absolute atomic E-state index is 12.8. The summed E-state index contributed by atoms with van der Waals surface area (Å²) >= 11 is 0. The molecule has 37 heavy (non-hydrogen) atoms. The number of rotatable bonds is 12. The number of likely N-dealkylation sites (N-methyl/N-ethyl adjacent to an activating group) is 1. The minimum Gasteiger partial charge on any atom is -0.454 e. The van der Waals surface area contributed by atoms with Crippen LogP contribution in [0.3, 0.4) is 0 Å². The Morgan fingerprint density at radius 3 is 2.51 bits per heavy atom. The summed E-state index contributed by atoms with van der Waals surface area (Å²) in [5, 5.41) is 5.82. The predicted molar refractivity (Wildman–Crippen MR) is 136 cm³/mol. The summed E-state index contributed by atoms with van der Waals surface area (Å²) in [7, 11) is 1.78. The van der Waals surface area contributed by atoms with Crippen molar-refractivity contribution in [1.82, 2.24) is 20.3 Å². The second-order valence-corrected chi connectivity index (χ2v) is 8.98. The number of nitrogens with zero attached hydrogens (tertiary/aromatic N) is 4. The van der Waals surface area contributed by atoms with Gasteiger partial charge in [-0.05, 0) is 69.5 Å². The Morgan fingerprint density at radius 1 is 1.27 bits per heavy atom. The zero-order chi connectivity index (χ0) is 27.2. The Morgan fingerprint density at radius 2 is 1.95 bits per heavy atom. The number of ether oxygens (including phenoxy) is 1. The number of alkyl halides is 3. The lowest BCUT2D eigenvalue weighted by Crippen LogP contribution is -2.36. The number of halogens is 3. The molecule has 1 fully saturated rings. The number of aromatic nitrogens is 3. The molecule has 0 unspecified atom stereocenters. The van der Waals surface area contributed by atoms with Gasteiger partial charge in [0.2, 0.25) is 11.9 Å². The van der Waals surface area contributed by atoms with Gasteiger partial charge in [-0.15, -0.1) is 0 Å². The van der Waals surface area contributed by atoms with E-state index in [2.05, 4.69) is 32.2 Å². The zero-order valence-corrected chi connectivity index (χ0v) is 21.1. The summed E-state index contributed by atoms with van der Waals surface area (Å²) in [5.74, 6) is -0.0742. The van der Waals surface area contributed by atoms with E-state index < -0.39 is 18.8 Å². The number of benzene rings is 1. The largest absolute Gasteiger partial charge is 0.454 e. The highest BCUT2D eigenvalue weighted by Crippen LogP contribution is 2.48. The fraction of sp³-hybridized carbons (Fsp3) is 0.440. The van der Waals surface area contributed by atoms with E-state index in [-0.39, 0.29) is 29.4 Å². The first-order valence-corrected chi connectivity index (χ1v) is 11.8. The van der Waals surface area contributed by atoms with Crippen molar-refractivity contribution in [3.05, 3.63) is 54.1 Å². The SMILES string of the molecule is C=C/C=C(\C)C1(N(C)c2nc(Nc3ccc(C(=O)N[C@H](C)CCN)cc3)nc(OCC(F)(F)F)n2)CC1. The lowest BCUT2D eigenvalue weighted by Gasteiger charge is -2.29. The van der Waals surface area contributed by atoms with Crippen LogP contribution in [0.5, 0.6) is 6.01 Å². The van der Waals surface area contributed by atoms with Crippen molar-refractivity contribution in [3.8, 4) is 6.01 Å². The molecule has 0 bridgehead atoms. The average Bonchev–Trinajstić information content (AvgIpc) is 3.65. The minimum atomic E-state index is -4.55. The van der Waals surface area contributed by atoms with Crippen molar-refractivity contribution >= 4 is 23.5 Å². The van der Waals surface area contributed by atoms with Gasteiger partial charge in [0.1, 0.15) is 0 Å². The monoisotopic (exact) mass is 519 g/mol. The predicted octanol–water partition coefficient (Wildman–Crippen LogP) is 4.12. The maximum atomic E-state index is 12.8. The second kappa shape index (κ2) is 11.6. The summed E-state index contributed by atoms with van der Waals surface area (Å²) in [4.78, 5) is 26.8. The molecule has 0 saturated heterocycles. The van der Waals surface area contributed by atoms with Gasteiger partial charge in [0.25, 0.3) is 5.91 Å². The van der Waals surface area contributed by atoms with Crippen molar-refractivity contribution in [1.29, 1.82) is 0 Å². The van der Waals surface area contributed by atoms with E-state index in [1.54, 1.807) is 37.4 Å². The van der Waals surface area contributed by atoms with E-state index in [0.717, 1.165) is 18.4 Å².